The van der Waals surface area contributed by atoms with Crippen LogP contribution in [0.25, 0.3) is 0 Å². The lowest BCUT2D eigenvalue weighted by atomic mass is 10.2. The van der Waals surface area contributed by atoms with Crippen LogP contribution in [0.1, 0.15) is 18.9 Å². The molecule has 1 aromatic rings. The summed E-state index contributed by atoms with van der Waals surface area (Å²) in [6.45, 7) is 4.71. The minimum atomic E-state index is -0.241. The van der Waals surface area contributed by atoms with Gasteiger partial charge in [-0.3, -0.25) is 0 Å². The molecule has 102 valence electrons. The summed E-state index contributed by atoms with van der Waals surface area (Å²) in [6.07, 6.45) is 0.550. The summed E-state index contributed by atoms with van der Waals surface area (Å²) < 4.78 is 5.67. The Morgan fingerprint density at radius 2 is 2.17 bits per heavy atom. The molecule has 0 fully saturated rings. The number of aliphatic hydroxyl groups excluding tert-OH is 1. The van der Waals surface area contributed by atoms with Crippen LogP contribution < -0.4 is 10.5 Å². The lowest BCUT2D eigenvalue weighted by molar-refractivity contribution is 0.157. The highest BCUT2D eigenvalue weighted by atomic mass is 16.5. The lowest BCUT2D eigenvalue weighted by Gasteiger charge is -2.17. The van der Waals surface area contributed by atoms with E-state index in [4.69, 9.17) is 10.5 Å². The quantitative estimate of drug-likeness (QED) is 0.730. The number of aliphatic hydroxyl groups is 1. The molecule has 4 nitrogen and oxygen atoms in total. The van der Waals surface area contributed by atoms with E-state index in [1.54, 1.807) is 0 Å². The van der Waals surface area contributed by atoms with Crippen LogP contribution >= 0.6 is 0 Å². The Balaban J connectivity index is 2.24. The molecule has 0 radical (unpaired) electrons. The van der Waals surface area contributed by atoms with Crippen LogP contribution in [0.4, 0.5) is 0 Å². The van der Waals surface area contributed by atoms with E-state index in [-0.39, 0.29) is 6.10 Å². The minimum Gasteiger partial charge on any atom is -0.492 e. The van der Waals surface area contributed by atoms with Gasteiger partial charge in [0.1, 0.15) is 12.4 Å². The largest absolute Gasteiger partial charge is 0.492 e. The highest BCUT2D eigenvalue weighted by Gasteiger charge is 2.02. The van der Waals surface area contributed by atoms with Crippen molar-refractivity contribution < 1.29 is 9.84 Å². The molecule has 0 aliphatic carbocycles. The van der Waals surface area contributed by atoms with E-state index >= 15 is 0 Å². The van der Waals surface area contributed by atoms with Crippen molar-refractivity contribution in [3.05, 3.63) is 29.8 Å². The SMILES string of the molecule is CC(O)CCN(C)CCOc1cccc(CN)c1. The Kier molecular flexibility index (Phi) is 6.72. The van der Waals surface area contributed by atoms with Crippen molar-refractivity contribution in [1.29, 1.82) is 0 Å². The predicted molar refractivity (Wildman–Crippen MR) is 73.6 cm³/mol. The molecular weight excluding hydrogens is 228 g/mol. The number of rotatable bonds is 8. The number of nitrogens with zero attached hydrogens (tertiary/aromatic N) is 1. The molecule has 0 aliphatic heterocycles. The Bertz CT molecular complexity index is 342. The Morgan fingerprint density at radius 3 is 2.83 bits per heavy atom. The first kappa shape index (κ1) is 15.0. The van der Waals surface area contributed by atoms with Crippen LogP contribution in [-0.4, -0.2) is 42.9 Å². The van der Waals surface area contributed by atoms with E-state index in [9.17, 15) is 5.11 Å². The molecule has 0 saturated carbocycles. The van der Waals surface area contributed by atoms with Gasteiger partial charge in [-0.25, -0.2) is 0 Å². The van der Waals surface area contributed by atoms with Gasteiger partial charge in [0.25, 0.3) is 0 Å². The molecular formula is C14H24N2O2. The number of hydrogen-bond acceptors (Lipinski definition) is 4. The van der Waals surface area contributed by atoms with Crippen molar-refractivity contribution in [2.45, 2.75) is 26.0 Å². The van der Waals surface area contributed by atoms with Crippen LogP contribution in [0, 0.1) is 0 Å². The Hall–Kier alpha value is -1.10. The molecule has 3 N–H and O–H groups in total. The van der Waals surface area contributed by atoms with Gasteiger partial charge in [-0.1, -0.05) is 12.1 Å². The second-order valence-electron chi connectivity index (χ2n) is 4.64. The maximum absolute atomic E-state index is 9.19. The average Bonchev–Trinajstić information content (AvgIpc) is 2.36. The van der Waals surface area contributed by atoms with Crippen LogP contribution in [0.5, 0.6) is 5.75 Å². The van der Waals surface area contributed by atoms with Crippen molar-refractivity contribution in [3.63, 3.8) is 0 Å². The summed E-state index contributed by atoms with van der Waals surface area (Å²) in [5.74, 6) is 0.863. The van der Waals surface area contributed by atoms with Crippen LogP contribution in [-0.2, 0) is 6.54 Å². The highest BCUT2D eigenvalue weighted by molar-refractivity contribution is 5.28. The minimum absolute atomic E-state index is 0.241. The van der Waals surface area contributed by atoms with Gasteiger partial charge in [-0.2, -0.15) is 0 Å². The van der Waals surface area contributed by atoms with Gasteiger partial charge >= 0.3 is 0 Å². The molecule has 0 bridgehead atoms. The lowest BCUT2D eigenvalue weighted by Crippen LogP contribution is -2.27. The number of ether oxygens (including phenoxy) is 1. The number of likely N-dealkylation sites (N-methyl/N-ethyl adjacent to an activating group) is 1. The fourth-order valence-electron chi connectivity index (χ4n) is 1.60. The summed E-state index contributed by atoms with van der Waals surface area (Å²) in [4.78, 5) is 2.15. The number of nitrogens with two attached hydrogens (primary N) is 1. The molecule has 0 aromatic heterocycles. The van der Waals surface area contributed by atoms with Gasteiger partial charge in [0, 0.05) is 19.6 Å². The first-order chi connectivity index (χ1) is 8.61. The maximum Gasteiger partial charge on any atom is 0.119 e. The van der Waals surface area contributed by atoms with Crippen molar-refractivity contribution in [2.75, 3.05) is 26.7 Å². The van der Waals surface area contributed by atoms with Gasteiger partial charge < -0.3 is 20.5 Å². The van der Waals surface area contributed by atoms with E-state index in [2.05, 4.69) is 4.90 Å². The normalized spacial score (nSPS) is 12.7. The first-order valence-corrected chi connectivity index (χ1v) is 6.40. The van der Waals surface area contributed by atoms with E-state index in [1.807, 2.05) is 38.2 Å². The van der Waals surface area contributed by atoms with Gasteiger partial charge in [0.15, 0.2) is 0 Å². The number of hydrogen-bond donors (Lipinski definition) is 2. The van der Waals surface area contributed by atoms with Crippen LogP contribution in [0.15, 0.2) is 24.3 Å². The summed E-state index contributed by atoms with van der Waals surface area (Å²) in [5.41, 5.74) is 6.65. The van der Waals surface area contributed by atoms with Gasteiger partial charge in [0.2, 0.25) is 0 Å². The molecule has 0 saturated heterocycles. The summed E-state index contributed by atoms with van der Waals surface area (Å²) in [6, 6.07) is 7.85. The zero-order chi connectivity index (χ0) is 13.4. The topological polar surface area (TPSA) is 58.7 Å². The summed E-state index contributed by atoms with van der Waals surface area (Å²) in [7, 11) is 2.03. The molecule has 1 aromatic carbocycles. The zero-order valence-corrected chi connectivity index (χ0v) is 11.3. The molecule has 1 atom stereocenters. The van der Waals surface area contributed by atoms with Crippen molar-refractivity contribution in [1.82, 2.24) is 4.90 Å². The Morgan fingerprint density at radius 1 is 1.39 bits per heavy atom. The smallest absolute Gasteiger partial charge is 0.119 e. The second kappa shape index (κ2) is 8.08. The zero-order valence-electron chi connectivity index (χ0n) is 11.3. The molecule has 0 aliphatic rings. The number of benzene rings is 1. The van der Waals surface area contributed by atoms with Crippen molar-refractivity contribution in [2.24, 2.45) is 5.73 Å². The Labute approximate surface area is 109 Å². The van der Waals surface area contributed by atoms with Gasteiger partial charge in [0.05, 0.1) is 6.10 Å². The van der Waals surface area contributed by atoms with Crippen LogP contribution in [0.3, 0.4) is 0 Å². The summed E-state index contributed by atoms with van der Waals surface area (Å²) >= 11 is 0. The maximum atomic E-state index is 9.19. The monoisotopic (exact) mass is 252 g/mol. The highest BCUT2D eigenvalue weighted by Crippen LogP contribution is 2.12. The third-order valence-electron chi connectivity index (χ3n) is 2.80. The average molecular weight is 252 g/mol. The second-order valence-corrected chi connectivity index (χ2v) is 4.64. The van der Waals surface area contributed by atoms with E-state index in [0.29, 0.717) is 13.2 Å². The first-order valence-electron chi connectivity index (χ1n) is 6.40. The standard InChI is InChI=1S/C14H24N2O2/c1-12(17)6-7-16(2)8-9-18-14-5-3-4-13(10-14)11-15/h3-5,10,12,17H,6-9,11,15H2,1-2H3. The molecule has 0 spiro atoms. The van der Waals surface area contributed by atoms with E-state index in [1.165, 1.54) is 0 Å². The molecule has 4 heteroatoms. The van der Waals surface area contributed by atoms with Crippen molar-refractivity contribution in [3.8, 4) is 5.75 Å². The third-order valence-corrected chi connectivity index (χ3v) is 2.80. The van der Waals surface area contributed by atoms with Crippen LogP contribution in [0.2, 0.25) is 0 Å². The predicted octanol–water partition coefficient (Wildman–Crippen LogP) is 1.23. The third kappa shape index (κ3) is 6.00. The molecule has 1 rings (SSSR count). The molecule has 1 unspecified atom stereocenters. The van der Waals surface area contributed by atoms with Gasteiger partial charge in [-0.15, -0.1) is 0 Å². The fraction of sp³-hybridized carbons (Fsp3) is 0.571. The van der Waals surface area contributed by atoms with Gasteiger partial charge in [-0.05, 0) is 38.1 Å². The molecule has 18 heavy (non-hydrogen) atoms. The molecule has 0 heterocycles. The van der Waals surface area contributed by atoms with E-state index < -0.39 is 0 Å². The van der Waals surface area contributed by atoms with E-state index in [0.717, 1.165) is 30.8 Å². The fourth-order valence-corrected chi connectivity index (χ4v) is 1.60. The van der Waals surface area contributed by atoms with Crippen molar-refractivity contribution >= 4 is 0 Å². The summed E-state index contributed by atoms with van der Waals surface area (Å²) in [5, 5.41) is 9.19. The molecule has 0 amide bonds.